The van der Waals surface area contributed by atoms with Gasteiger partial charge in [-0.2, -0.15) is 0 Å². The monoisotopic (exact) mass is 227 g/mol. The van der Waals surface area contributed by atoms with Crippen molar-refractivity contribution in [1.29, 1.82) is 5.41 Å². The molecule has 1 aliphatic carbocycles. The second kappa shape index (κ2) is 4.95. The quantitative estimate of drug-likeness (QED) is 0.779. The Balaban J connectivity index is 2.23. The van der Waals surface area contributed by atoms with Crippen LogP contribution >= 0.6 is 0 Å². The summed E-state index contributed by atoms with van der Waals surface area (Å²) in [5.74, 6) is 0.783. The van der Waals surface area contributed by atoms with Gasteiger partial charge in [0.05, 0.1) is 0 Å². The fourth-order valence-corrected chi connectivity index (χ4v) is 2.00. The van der Waals surface area contributed by atoms with Gasteiger partial charge in [0, 0.05) is 23.9 Å². The molecule has 0 saturated heterocycles. The third-order valence-corrected chi connectivity index (χ3v) is 3.14. The summed E-state index contributed by atoms with van der Waals surface area (Å²) in [7, 11) is 0. The van der Waals surface area contributed by atoms with Crippen LogP contribution in [-0.4, -0.2) is 11.2 Å². The van der Waals surface area contributed by atoms with Crippen LogP contribution < -0.4 is 5.73 Å². The van der Waals surface area contributed by atoms with E-state index in [0.29, 0.717) is 17.3 Å². The maximum absolute atomic E-state index is 7.28. The predicted octanol–water partition coefficient (Wildman–Crippen LogP) is 3.04. The van der Waals surface area contributed by atoms with E-state index in [2.05, 4.69) is 30.1 Å². The minimum Gasteiger partial charge on any atom is -0.383 e. The van der Waals surface area contributed by atoms with Crippen molar-refractivity contribution in [1.82, 2.24) is 4.98 Å². The lowest BCUT2D eigenvalue weighted by Crippen LogP contribution is -2.03. The zero-order valence-corrected chi connectivity index (χ0v) is 9.98. The molecular formula is C14H17N3. The number of nitrogens with two attached hydrogens (primary N) is 1. The number of rotatable bonds is 3. The van der Waals surface area contributed by atoms with E-state index in [9.17, 15) is 0 Å². The minimum absolute atomic E-state index is 0.358. The average Bonchev–Trinajstić information content (AvgIpc) is 2.39. The van der Waals surface area contributed by atoms with Crippen LogP contribution in [0.25, 0.3) is 0 Å². The number of anilines is 1. The average molecular weight is 227 g/mol. The molecule has 1 aromatic rings. The van der Waals surface area contributed by atoms with Crippen molar-refractivity contribution in [2.75, 3.05) is 5.73 Å². The number of pyridine rings is 1. The van der Waals surface area contributed by atoms with E-state index in [1.807, 2.05) is 12.3 Å². The Hall–Kier alpha value is -1.90. The highest BCUT2D eigenvalue weighted by molar-refractivity contribution is 5.83. The van der Waals surface area contributed by atoms with Gasteiger partial charge >= 0.3 is 0 Å². The van der Waals surface area contributed by atoms with Crippen LogP contribution in [0.2, 0.25) is 0 Å². The first-order valence-electron chi connectivity index (χ1n) is 5.87. The molecule has 0 aromatic carbocycles. The molecule has 0 saturated carbocycles. The molecule has 17 heavy (non-hydrogen) atoms. The third kappa shape index (κ3) is 2.44. The molecule has 0 radical (unpaired) electrons. The summed E-state index contributed by atoms with van der Waals surface area (Å²) >= 11 is 0. The molecule has 1 atom stereocenters. The second-order valence-electron chi connectivity index (χ2n) is 4.22. The minimum atomic E-state index is 0.358. The standard InChI is InChI=1S/C14H17N3/c1-2-10-3-5-11(6-4-10)13-7-12(8-15)14(16)17-9-13/h3-5,7-9,11,15H,2,6H2,1H3,(H2,16,17). The predicted molar refractivity (Wildman–Crippen MR) is 71.4 cm³/mol. The molecule has 0 amide bonds. The van der Waals surface area contributed by atoms with Crippen LogP contribution in [0.1, 0.15) is 36.8 Å². The molecule has 1 aliphatic rings. The molecule has 0 bridgehead atoms. The highest BCUT2D eigenvalue weighted by Gasteiger charge is 2.12. The van der Waals surface area contributed by atoms with Crippen LogP contribution in [0.5, 0.6) is 0 Å². The van der Waals surface area contributed by atoms with Gasteiger partial charge in [0.15, 0.2) is 0 Å². The highest BCUT2D eigenvalue weighted by atomic mass is 14.8. The van der Waals surface area contributed by atoms with Crippen molar-refractivity contribution >= 4 is 12.0 Å². The largest absolute Gasteiger partial charge is 0.383 e. The number of aromatic nitrogens is 1. The van der Waals surface area contributed by atoms with E-state index >= 15 is 0 Å². The van der Waals surface area contributed by atoms with Gasteiger partial charge in [0.2, 0.25) is 0 Å². The molecule has 0 spiro atoms. The molecular weight excluding hydrogens is 210 g/mol. The van der Waals surface area contributed by atoms with Crippen molar-refractivity contribution in [2.24, 2.45) is 0 Å². The zero-order valence-electron chi connectivity index (χ0n) is 9.98. The lowest BCUT2D eigenvalue weighted by atomic mass is 9.90. The molecule has 0 fully saturated rings. The van der Waals surface area contributed by atoms with Crippen molar-refractivity contribution in [3.05, 3.63) is 47.2 Å². The summed E-state index contributed by atoms with van der Waals surface area (Å²) in [6.07, 6.45) is 11.8. The van der Waals surface area contributed by atoms with Gasteiger partial charge in [-0.05, 0) is 24.5 Å². The summed E-state index contributed by atoms with van der Waals surface area (Å²) in [6.45, 7) is 2.16. The smallest absolute Gasteiger partial charge is 0.132 e. The van der Waals surface area contributed by atoms with E-state index < -0.39 is 0 Å². The van der Waals surface area contributed by atoms with Gasteiger partial charge in [-0.25, -0.2) is 4.98 Å². The molecule has 88 valence electrons. The fourth-order valence-electron chi connectivity index (χ4n) is 2.00. The van der Waals surface area contributed by atoms with Crippen LogP contribution in [0.15, 0.2) is 36.1 Å². The van der Waals surface area contributed by atoms with E-state index in [1.54, 1.807) is 0 Å². The summed E-state index contributed by atoms with van der Waals surface area (Å²) in [5.41, 5.74) is 8.89. The van der Waals surface area contributed by atoms with E-state index in [0.717, 1.165) is 18.4 Å². The van der Waals surface area contributed by atoms with Gasteiger partial charge < -0.3 is 11.1 Å². The third-order valence-electron chi connectivity index (χ3n) is 3.14. The van der Waals surface area contributed by atoms with Gasteiger partial charge in [0.25, 0.3) is 0 Å². The molecule has 1 unspecified atom stereocenters. The second-order valence-corrected chi connectivity index (χ2v) is 4.22. The molecule has 0 aliphatic heterocycles. The summed E-state index contributed by atoms with van der Waals surface area (Å²) in [6, 6.07) is 1.95. The van der Waals surface area contributed by atoms with Gasteiger partial charge in [-0.3, -0.25) is 0 Å². The number of nitrogens with one attached hydrogen (secondary N) is 1. The Morgan fingerprint density at radius 2 is 2.41 bits per heavy atom. The van der Waals surface area contributed by atoms with Gasteiger partial charge in [0.1, 0.15) is 5.82 Å². The fraction of sp³-hybridized carbons (Fsp3) is 0.286. The van der Waals surface area contributed by atoms with Crippen molar-refractivity contribution in [3.63, 3.8) is 0 Å². The first-order valence-corrected chi connectivity index (χ1v) is 5.87. The zero-order chi connectivity index (χ0) is 12.3. The number of allylic oxidation sites excluding steroid dienone is 4. The molecule has 3 nitrogen and oxygen atoms in total. The maximum atomic E-state index is 7.28. The SMILES string of the molecule is CCC1=CCC(c2cnc(N)c(C=N)c2)C=C1. The van der Waals surface area contributed by atoms with Crippen molar-refractivity contribution in [2.45, 2.75) is 25.7 Å². The van der Waals surface area contributed by atoms with Crippen LogP contribution in [-0.2, 0) is 0 Å². The maximum Gasteiger partial charge on any atom is 0.132 e. The number of hydrogen-bond donors (Lipinski definition) is 2. The Labute approximate surface area is 102 Å². The summed E-state index contributed by atoms with van der Waals surface area (Å²) < 4.78 is 0. The van der Waals surface area contributed by atoms with E-state index in [-0.39, 0.29) is 0 Å². The van der Waals surface area contributed by atoms with Crippen molar-refractivity contribution in [3.8, 4) is 0 Å². The molecule has 3 N–H and O–H groups in total. The lowest BCUT2D eigenvalue weighted by molar-refractivity contribution is 0.831. The number of nitrogen functional groups attached to an aromatic ring is 1. The molecule has 1 aromatic heterocycles. The topological polar surface area (TPSA) is 62.8 Å². The van der Waals surface area contributed by atoms with Crippen LogP contribution in [0, 0.1) is 5.41 Å². The number of nitrogens with zero attached hydrogens (tertiary/aromatic N) is 1. The Morgan fingerprint density at radius 3 is 3.00 bits per heavy atom. The van der Waals surface area contributed by atoms with E-state index in [4.69, 9.17) is 11.1 Å². The Kier molecular flexibility index (Phi) is 3.38. The summed E-state index contributed by atoms with van der Waals surface area (Å²) in [5, 5.41) is 7.28. The van der Waals surface area contributed by atoms with E-state index in [1.165, 1.54) is 11.8 Å². The van der Waals surface area contributed by atoms with Crippen molar-refractivity contribution < 1.29 is 0 Å². The Morgan fingerprint density at radius 1 is 1.59 bits per heavy atom. The first kappa shape index (κ1) is 11.6. The van der Waals surface area contributed by atoms with Gasteiger partial charge in [-0.15, -0.1) is 0 Å². The summed E-state index contributed by atoms with van der Waals surface area (Å²) in [4.78, 5) is 4.14. The lowest BCUT2D eigenvalue weighted by Gasteiger charge is -2.16. The molecule has 2 rings (SSSR count). The van der Waals surface area contributed by atoms with Crippen LogP contribution in [0.3, 0.4) is 0 Å². The first-order chi connectivity index (χ1) is 8.24. The molecule has 3 heteroatoms. The van der Waals surface area contributed by atoms with Gasteiger partial charge in [-0.1, -0.05) is 30.7 Å². The number of hydrogen-bond acceptors (Lipinski definition) is 3. The molecule has 1 heterocycles. The normalized spacial score (nSPS) is 18.9. The highest BCUT2D eigenvalue weighted by Crippen LogP contribution is 2.28. The van der Waals surface area contributed by atoms with Crippen LogP contribution in [0.4, 0.5) is 5.82 Å². The Bertz CT molecular complexity index is 486.